The van der Waals surface area contributed by atoms with E-state index in [1.54, 1.807) is 0 Å². The van der Waals surface area contributed by atoms with Crippen LogP contribution >= 0.6 is 0 Å². The average molecular weight is 267 g/mol. The van der Waals surface area contributed by atoms with Crippen molar-refractivity contribution >= 4 is 5.69 Å². The second-order valence-electron chi connectivity index (χ2n) is 4.84. The van der Waals surface area contributed by atoms with Gasteiger partial charge in [0.05, 0.1) is 6.42 Å². The SMILES string of the molecule is Cn1ccnc1Cc1nccn1Cc1ccc(N)cc1. The first-order valence-electron chi connectivity index (χ1n) is 6.53. The van der Waals surface area contributed by atoms with E-state index in [-0.39, 0.29) is 0 Å². The van der Waals surface area contributed by atoms with Gasteiger partial charge in [-0.05, 0) is 17.7 Å². The first kappa shape index (κ1) is 12.5. The second-order valence-corrected chi connectivity index (χ2v) is 4.84. The van der Waals surface area contributed by atoms with Crippen LogP contribution in [0.4, 0.5) is 5.69 Å². The van der Waals surface area contributed by atoms with Crippen molar-refractivity contribution in [3.63, 3.8) is 0 Å². The number of nitrogens with two attached hydrogens (primary N) is 1. The van der Waals surface area contributed by atoms with Gasteiger partial charge in [-0.15, -0.1) is 0 Å². The molecule has 0 radical (unpaired) electrons. The fourth-order valence-electron chi connectivity index (χ4n) is 2.18. The minimum absolute atomic E-state index is 0.728. The van der Waals surface area contributed by atoms with Crippen LogP contribution in [0.25, 0.3) is 0 Å². The van der Waals surface area contributed by atoms with Gasteiger partial charge in [0.25, 0.3) is 0 Å². The van der Waals surface area contributed by atoms with E-state index in [0.29, 0.717) is 0 Å². The summed E-state index contributed by atoms with van der Waals surface area (Å²) >= 11 is 0. The molecule has 3 rings (SSSR count). The van der Waals surface area contributed by atoms with Crippen molar-refractivity contribution in [3.05, 3.63) is 66.3 Å². The van der Waals surface area contributed by atoms with Gasteiger partial charge >= 0.3 is 0 Å². The standard InChI is InChI=1S/C15H17N5/c1-19-8-6-17-14(19)10-15-18-7-9-20(15)11-12-2-4-13(16)5-3-12/h2-9H,10-11,16H2,1H3. The van der Waals surface area contributed by atoms with Crippen molar-refractivity contribution in [3.8, 4) is 0 Å². The zero-order chi connectivity index (χ0) is 13.9. The molecule has 0 aliphatic heterocycles. The number of imidazole rings is 2. The maximum Gasteiger partial charge on any atom is 0.116 e. The summed E-state index contributed by atoms with van der Waals surface area (Å²) in [6.45, 7) is 0.792. The Labute approximate surface area is 117 Å². The van der Waals surface area contributed by atoms with Gasteiger partial charge < -0.3 is 14.9 Å². The molecule has 0 unspecified atom stereocenters. The number of anilines is 1. The summed E-state index contributed by atoms with van der Waals surface area (Å²) in [5, 5.41) is 0. The van der Waals surface area contributed by atoms with Crippen molar-refractivity contribution in [2.45, 2.75) is 13.0 Å². The van der Waals surface area contributed by atoms with E-state index in [1.165, 1.54) is 5.56 Å². The van der Waals surface area contributed by atoms with E-state index < -0.39 is 0 Å². The van der Waals surface area contributed by atoms with Crippen LogP contribution in [0.5, 0.6) is 0 Å². The van der Waals surface area contributed by atoms with Crippen molar-refractivity contribution < 1.29 is 0 Å². The molecule has 2 N–H and O–H groups in total. The summed E-state index contributed by atoms with van der Waals surface area (Å²) < 4.78 is 4.16. The molecule has 0 aliphatic rings. The smallest absolute Gasteiger partial charge is 0.116 e. The first-order valence-corrected chi connectivity index (χ1v) is 6.53. The van der Waals surface area contributed by atoms with Crippen LogP contribution in [0.1, 0.15) is 17.2 Å². The molecular formula is C15H17N5. The number of hydrogen-bond donors (Lipinski definition) is 1. The Morgan fingerprint density at radius 2 is 1.70 bits per heavy atom. The molecule has 1 aromatic carbocycles. The Hall–Kier alpha value is -2.56. The lowest BCUT2D eigenvalue weighted by molar-refractivity contribution is 0.711. The maximum atomic E-state index is 5.71. The summed E-state index contributed by atoms with van der Waals surface area (Å²) in [5.41, 5.74) is 7.70. The molecular weight excluding hydrogens is 250 g/mol. The number of aryl methyl sites for hydroxylation is 1. The van der Waals surface area contributed by atoms with Crippen LogP contribution in [0.3, 0.4) is 0 Å². The molecule has 0 spiro atoms. The van der Waals surface area contributed by atoms with Gasteiger partial charge in [0, 0.05) is 44.1 Å². The molecule has 5 heteroatoms. The molecule has 0 aliphatic carbocycles. The molecule has 3 aromatic rings. The van der Waals surface area contributed by atoms with Gasteiger partial charge in [-0.25, -0.2) is 9.97 Å². The topological polar surface area (TPSA) is 61.7 Å². The summed E-state index contributed by atoms with van der Waals surface area (Å²) in [5.74, 6) is 2.02. The first-order chi connectivity index (χ1) is 9.72. The Morgan fingerprint density at radius 3 is 2.40 bits per heavy atom. The Kier molecular flexibility index (Phi) is 3.25. The Morgan fingerprint density at radius 1 is 1.00 bits per heavy atom. The monoisotopic (exact) mass is 267 g/mol. The van der Waals surface area contributed by atoms with Crippen LogP contribution in [0, 0.1) is 0 Å². The van der Waals surface area contributed by atoms with Crippen molar-refractivity contribution in [2.24, 2.45) is 7.05 Å². The fourth-order valence-corrected chi connectivity index (χ4v) is 2.18. The zero-order valence-electron chi connectivity index (χ0n) is 11.4. The van der Waals surface area contributed by atoms with E-state index in [0.717, 1.165) is 30.3 Å². The molecule has 0 atom stereocenters. The normalized spacial score (nSPS) is 10.8. The lowest BCUT2D eigenvalue weighted by Gasteiger charge is -2.08. The number of hydrogen-bond acceptors (Lipinski definition) is 3. The van der Waals surface area contributed by atoms with E-state index >= 15 is 0 Å². The van der Waals surface area contributed by atoms with E-state index in [2.05, 4.69) is 14.5 Å². The molecule has 0 amide bonds. The third-order valence-electron chi connectivity index (χ3n) is 3.37. The van der Waals surface area contributed by atoms with E-state index in [9.17, 15) is 0 Å². The lowest BCUT2D eigenvalue weighted by Crippen LogP contribution is -2.08. The highest BCUT2D eigenvalue weighted by atomic mass is 15.1. The summed E-state index contributed by atoms with van der Waals surface area (Å²) in [6.07, 6.45) is 8.31. The van der Waals surface area contributed by atoms with Crippen LogP contribution in [-0.4, -0.2) is 19.1 Å². The molecule has 0 fully saturated rings. The molecule has 0 saturated carbocycles. The van der Waals surface area contributed by atoms with Crippen molar-refractivity contribution in [2.75, 3.05) is 5.73 Å². The van der Waals surface area contributed by atoms with Gasteiger partial charge in [-0.1, -0.05) is 12.1 Å². The largest absolute Gasteiger partial charge is 0.399 e. The predicted molar refractivity (Wildman–Crippen MR) is 78.2 cm³/mol. The summed E-state index contributed by atoms with van der Waals surface area (Å²) in [4.78, 5) is 8.77. The van der Waals surface area contributed by atoms with Gasteiger partial charge in [-0.2, -0.15) is 0 Å². The van der Waals surface area contributed by atoms with Gasteiger partial charge in [-0.3, -0.25) is 0 Å². The molecule has 0 bridgehead atoms. The molecule has 20 heavy (non-hydrogen) atoms. The molecule has 2 aromatic heterocycles. The Balaban J connectivity index is 1.80. The lowest BCUT2D eigenvalue weighted by atomic mass is 10.2. The number of nitrogens with zero attached hydrogens (tertiary/aromatic N) is 4. The van der Waals surface area contributed by atoms with Gasteiger partial charge in [0.1, 0.15) is 11.6 Å². The minimum Gasteiger partial charge on any atom is -0.399 e. The van der Waals surface area contributed by atoms with Crippen LogP contribution in [0.15, 0.2) is 49.1 Å². The quantitative estimate of drug-likeness (QED) is 0.734. The molecule has 0 saturated heterocycles. The van der Waals surface area contributed by atoms with E-state index in [4.69, 9.17) is 5.73 Å². The molecule has 5 nitrogen and oxygen atoms in total. The second kappa shape index (κ2) is 5.21. The van der Waals surface area contributed by atoms with Crippen LogP contribution < -0.4 is 5.73 Å². The third-order valence-corrected chi connectivity index (χ3v) is 3.37. The van der Waals surface area contributed by atoms with Crippen molar-refractivity contribution in [1.29, 1.82) is 0 Å². The maximum absolute atomic E-state index is 5.71. The summed E-state index contributed by atoms with van der Waals surface area (Å²) in [6, 6.07) is 7.93. The molecule has 102 valence electrons. The molecule has 2 heterocycles. The van der Waals surface area contributed by atoms with Gasteiger partial charge in [0.15, 0.2) is 0 Å². The van der Waals surface area contributed by atoms with Gasteiger partial charge in [0.2, 0.25) is 0 Å². The minimum atomic E-state index is 0.728. The number of aromatic nitrogens is 4. The Bertz CT molecular complexity index is 693. The predicted octanol–water partition coefficient (Wildman–Crippen LogP) is 1.84. The van der Waals surface area contributed by atoms with Crippen LogP contribution in [0.2, 0.25) is 0 Å². The fraction of sp³-hybridized carbons (Fsp3) is 0.200. The highest BCUT2D eigenvalue weighted by Crippen LogP contribution is 2.11. The highest BCUT2D eigenvalue weighted by molar-refractivity contribution is 5.39. The average Bonchev–Trinajstić information content (AvgIpc) is 3.04. The third kappa shape index (κ3) is 2.56. The number of benzene rings is 1. The highest BCUT2D eigenvalue weighted by Gasteiger charge is 2.07. The van der Waals surface area contributed by atoms with E-state index in [1.807, 2.05) is 60.7 Å². The summed E-state index contributed by atoms with van der Waals surface area (Å²) in [7, 11) is 2.00. The zero-order valence-corrected chi connectivity index (χ0v) is 11.4. The number of rotatable bonds is 4. The van der Waals surface area contributed by atoms with Crippen LogP contribution in [-0.2, 0) is 20.0 Å². The number of nitrogen functional groups attached to an aromatic ring is 1. The van der Waals surface area contributed by atoms with Crippen molar-refractivity contribution in [1.82, 2.24) is 19.1 Å².